The Morgan fingerprint density at radius 1 is 1.29 bits per heavy atom. The fraction of sp³-hybridized carbons (Fsp3) is 0.0714. The normalized spacial score (nSPS) is 10.6. The number of rotatable bonds is 2. The first-order chi connectivity index (χ1) is 10.2. The number of benzene rings is 1. The summed E-state index contributed by atoms with van der Waals surface area (Å²) in [4.78, 5) is 15.5. The van der Waals surface area contributed by atoms with Gasteiger partial charge in [0, 0.05) is 17.6 Å². The molecule has 1 aromatic carbocycles. The van der Waals surface area contributed by atoms with E-state index in [1.54, 1.807) is 17.8 Å². The molecular weight excluding hydrogens is 290 g/mol. The Bertz CT molecular complexity index is 814. The Morgan fingerprint density at radius 3 is 2.90 bits per heavy atom. The molecular formula is C14H12ClN5O. The minimum atomic E-state index is -0.325. The number of urea groups is 1. The molecule has 0 spiro atoms. The van der Waals surface area contributed by atoms with Gasteiger partial charge in [-0.3, -0.25) is 5.32 Å². The number of carbonyl (C=O) groups is 1. The molecule has 106 valence electrons. The van der Waals surface area contributed by atoms with Crippen molar-refractivity contribution in [3.8, 4) is 11.3 Å². The van der Waals surface area contributed by atoms with Crippen molar-refractivity contribution >= 4 is 29.1 Å². The molecule has 0 aliphatic heterocycles. The van der Waals surface area contributed by atoms with Crippen LogP contribution in [0.1, 0.15) is 0 Å². The van der Waals surface area contributed by atoms with Crippen LogP contribution in [0.15, 0.2) is 42.6 Å². The second-order valence-corrected chi connectivity index (χ2v) is 4.80. The van der Waals surface area contributed by atoms with Crippen molar-refractivity contribution in [3.05, 3.63) is 47.6 Å². The van der Waals surface area contributed by atoms with Crippen LogP contribution >= 0.6 is 11.6 Å². The van der Waals surface area contributed by atoms with Crippen molar-refractivity contribution in [2.45, 2.75) is 0 Å². The number of carbonyl (C=O) groups excluding carboxylic acids is 1. The third kappa shape index (κ3) is 2.80. The zero-order chi connectivity index (χ0) is 14.8. The van der Waals surface area contributed by atoms with Gasteiger partial charge in [-0.15, -0.1) is 0 Å². The summed E-state index contributed by atoms with van der Waals surface area (Å²) in [5.74, 6) is 0.435. The van der Waals surface area contributed by atoms with Crippen molar-refractivity contribution in [2.75, 3.05) is 12.4 Å². The van der Waals surface area contributed by atoms with Gasteiger partial charge in [-0.05, 0) is 24.3 Å². The molecule has 2 aromatic heterocycles. The zero-order valence-corrected chi connectivity index (χ0v) is 11.9. The van der Waals surface area contributed by atoms with E-state index >= 15 is 0 Å². The van der Waals surface area contributed by atoms with E-state index in [9.17, 15) is 4.79 Å². The van der Waals surface area contributed by atoms with Crippen LogP contribution in [0, 0.1) is 0 Å². The maximum atomic E-state index is 11.3. The van der Waals surface area contributed by atoms with Crippen molar-refractivity contribution in [3.63, 3.8) is 0 Å². The molecule has 3 rings (SSSR count). The van der Waals surface area contributed by atoms with Crippen LogP contribution in [-0.4, -0.2) is 27.7 Å². The summed E-state index contributed by atoms with van der Waals surface area (Å²) in [5.41, 5.74) is 2.33. The van der Waals surface area contributed by atoms with Gasteiger partial charge in [0.15, 0.2) is 11.5 Å². The highest BCUT2D eigenvalue weighted by atomic mass is 35.5. The molecule has 7 heteroatoms. The molecule has 6 nitrogen and oxygen atoms in total. The van der Waals surface area contributed by atoms with Gasteiger partial charge in [-0.2, -0.15) is 5.10 Å². The van der Waals surface area contributed by atoms with E-state index in [0.29, 0.717) is 16.5 Å². The number of nitrogens with zero attached hydrogens (tertiary/aromatic N) is 3. The van der Waals surface area contributed by atoms with Gasteiger partial charge in [0.2, 0.25) is 0 Å². The molecule has 0 saturated heterocycles. The molecule has 3 aromatic rings. The Kier molecular flexibility index (Phi) is 3.45. The van der Waals surface area contributed by atoms with Crippen LogP contribution in [0.2, 0.25) is 5.02 Å². The standard InChI is InChI=1S/C14H12ClN5O/c1-16-14(21)18-12-8-20-13(17-12)6-5-11(19-20)9-3-2-4-10(15)7-9/h2-8H,1H3,(H2,16,18,21). The van der Waals surface area contributed by atoms with Crippen molar-refractivity contribution < 1.29 is 4.79 Å². The molecule has 0 bridgehead atoms. The minimum absolute atomic E-state index is 0.325. The van der Waals surface area contributed by atoms with Crippen LogP contribution in [-0.2, 0) is 0 Å². The maximum Gasteiger partial charge on any atom is 0.320 e. The predicted molar refractivity (Wildman–Crippen MR) is 81.5 cm³/mol. The molecule has 0 saturated carbocycles. The lowest BCUT2D eigenvalue weighted by molar-refractivity contribution is 0.254. The number of halogens is 1. The summed E-state index contributed by atoms with van der Waals surface area (Å²) >= 11 is 5.99. The quantitative estimate of drug-likeness (QED) is 0.764. The first-order valence-corrected chi connectivity index (χ1v) is 6.64. The van der Waals surface area contributed by atoms with E-state index in [2.05, 4.69) is 20.7 Å². The summed E-state index contributed by atoms with van der Waals surface area (Å²) in [5, 5.41) is 10.2. The van der Waals surface area contributed by atoms with Gasteiger partial charge in [0.1, 0.15) is 0 Å². The first-order valence-electron chi connectivity index (χ1n) is 6.27. The van der Waals surface area contributed by atoms with Gasteiger partial charge in [-0.25, -0.2) is 14.3 Å². The summed E-state index contributed by atoms with van der Waals surface area (Å²) < 4.78 is 1.61. The van der Waals surface area contributed by atoms with Crippen molar-refractivity contribution in [2.24, 2.45) is 0 Å². The van der Waals surface area contributed by atoms with E-state index < -0.39 is 0 Å². The van der Waals surface area contributed by atoms with E-state index in [1.807, 2.05) is 36.4 Å². The molecule has 2 heterocycles. The third-order valence-corrected chi connectivity index (χ3v) is 3.14. The number of nitrogens with one attached hydrogen (secondary N) is 2. The number of amides is 2. The number of imidazole rings is 1. The third-order valence-electron chi connectivity index (χ3n) is 2.91. The van der Waals surface area contributed by atoms with Crippen LogP contribution < -0.4 is 10.6 Å². The lowest BCUT2D eigenvalue weighted by Crippen LogP contribution is -2.24. The van der Waals surface area contributed by atoms with Gasteiger partial charge in [-0.1, -0.05) is 23.7 Å². The van der Waals surface area contributed by atoms with E-state index in [-0.39, 0.29) is 6.03 Å². The van der Waals surface area contributed by atoms with Crippen molar-refractivity contribution in [1.29, 1.82) is 0 Å². The van der Waals surface area contributed by atoms with E-state index in [1.165, 1.54) is 0 Å². The molecule has 2 N–H and O–H groups in total. The second-order valence-electron chi connectivity index (χ2n) is 4.36. The molecule has 0 aliphatic rings. The minimum Gasteiger partial charge on any atom is -0.341 e. The Labute approximate surface area is 125 Å². The largest absolute Gasteiger partial charge is 0.341 e. The smallest absolute Gasteiger partial charge is 0.320 e. The van der Waals surface area contributed by atoms with E-state index in [4.69, 9.17) is 11.6 Å². The molecule has 0 aliphatic carbocycles. The van der Waals surface area contributed by atoms with Crippen LogP contribution in [0.5, 0.6) is 0 Å². The monoisotopic (exact) mass is 301 g/mol. The Balaban J connectivity index is 1.98. The number of aromatic nitrogens is 3. The van der Waals surface area contributed by atoms with Crippen LogP contribution in [0.25, 0.3) is 16.9 Å². The van der Waals surface area contributed by atoms with Gasteiger partial charge >= 0.3 is 6.03 Å². The fourth-order valence-electron chi connectivity index (χ4n) is 1.92. The highest BCUT2D eigenvalue weighted by Crippen LogP contribution is 2.21. The van der Waals surface area contributed by atoms with Crippen molar-refractivity contribution in [1.82, 2.24) is 19.9 Å². The van der Waals surface area contributed by atoms with E-state index in [0.717, 1.165) is 11.3 Å². The van der Waals surface area contributed by atoms with Crippen LogP contribution in [0.3, 0.4) is 0 Å². The van der Waals surface area contributed by atoms with Gasteiger partial charge < -0.3 is 5.32 Å². The molecule has 2 amide bonds. The molecule has 0 radical (unpaired) electrons. The predicted octanol–water partition coefficient (Wildman–Crippen LogP) is 2.80. The molecule has 21 heavy (non-hydrogen) atoms. The second kappa shape index (κ2) is 5.41. The fourth-order valence-corrected chi connectivity index (χ4v) is 2.11. The average molecular weight is 302 g/mol. The highest BCUT2D eigenvalue weighted by molar-refractivity contribution is 6.30. The first kappa shape index (κ1) is 13.4. The summed E-state index contributed by atoms with van der Waals surface area (Å²) in [6.07, 6.45) is 1.65. The van der Waals surface area contributed by atoms with Crippen LogP contribution in [0.4, 0.5) is 10.6 Å². The Morgan fingerprint density at radius 2 is 2.14 bits per heavy atom. The molecule has 0 fully saturated rings. The highest BCUT2D eigenvalue weighted by Gasteiger charge is 2.07. The number of anilines is 1. The zero-order valence-electron chi connectivity index (χ0n) is 11.2. The molecule has 0 atom stereocenters. The lowest BCUT2D eigenvalue weighted by Gasteiger charge is -2.01. The summed E-state index contributed by atoms with van der Waals surface area (Å²) in [6.45, 7) is 0. The average Bonchev–Trinajstić information content (AvgIpc) is 2.88. The van der Waals surface area contributed by atoms with Gasteiger partial charge in [0.05, 0.1) is 11.9 Å². The number of hydrogen-bond acceptors (Lipinski definition) is 3. The Hall–Kier alpha value is -2.60. The van der Waals surface area contributed by atoms with Gasteiger partial charge in [0.25, 0.3) is 0 Å². The number of hydrogen-bond donors (Lipinski definition) is 2. The SMILES string of the molecule is CNC(=O)Nc1cn2nc(-c3cccc(Cl)c3)ccc2n1. The summed E-state index contributed by atoms with van der Waals surface area (Å²) in [6, 6.07) is 10.8. The molecule has 0 unspecified atom stereocenters. The summed E-state index contributed by atoms with van der Waals surface area (Å²) in [7, 11) is 1.54. The topological polar surface area (TPSA) is 71.3 Å². The maximum absolute atomic E-state index is 11.3. The number of fused-ring (bicyclic) bond motifs is 1. The lowest BCUT2D eigenvalue weighted by atomic mass is 10.1.